The number of carbonyl (C=O) groups excluding carboxylic acids is 1. The first-order valence-corrected chi connectivity index (χ1v) is 12.1. The molecule has 5 nitrogen and oxygen atoms in total. The molecule has 0 aliphatic heterocycles. The number of aliphatic hydroxyl groups is 1. The predicted molar refractivity (Wildman–Crippen MR) is 127 cm³/mol. The van der Waals surface area contributed by atoms with Crippen LogP contribution in [0.5, 0.6) is 0 Å². The first kappa shape index (κ1) is 24.7. The van der Waals surface area contributed by atoms with Crippen LogP contribution in [-0.4, -0.2) is 34.7 Å². The number of carbonyl (C=O) groups is 1. The van der Waals surface area contributed by atoms with E-state index in [0.717, 1.165) is 24.6 Å². The van der Waals surface area contributed by atoms with Crippen LogP contribution < -0.4 is 10.6 Å². The third-order valence-electron chi connectivity index (χ3n) is 7.46. The molecular formula is C27H35F2N3O2. The second-order valence-electron chi connectivity index (χ2n) is 10.9. The summed E-state index contributed by atoms with van der Waals surface area (Å²) >= 11 is 0. The summed E-state index contributed by atoms with van der Waals surface area (Å²) in [4.78, 5) is 16.5. The molecule has 0 spiro atoms. The van der Waals surface area contributed by atoms with Crippen molar-refractivity contribution in [3.8, 4) is 0 Å². The second-order valence-corrected chi connectivity index (χ2v) is 10.9. The molecule has 3 N–H and O–H groups in total. The first-order valence-electron chi connectivity index (χ1n) is 12.1. The predicted octanol–water partition coefficient (Wildman–Crippen LogP) is 3.98. The van der Waals surface area contributed by atoms with Crippen molar-refractivity contribution < 1.29 is 18.7 Å². The van der Waals surface area contributed by atoms with Gasteiger partial charge in [0.1, 0.15) is 11.6 Å². The molecule has 2 aliphatic carbocycles. The van der Waals surface area contributed by atoms with Gasteiger partial charge in [0.2, 0.25) is 5.91 Å². The molecule has 2 saturated carbocycles. The molecule has 2 fully saturated rings. The Hall–Kier alpha value is -2.38. The maximum absolute atomic E-state index is 13.7. The Labute approximate surface area is 200 Å². The van der Waals surface area contributed by atoms with Gasteiger partial charge in [-0.25, -0.2) is 8.78 Å². The smallest absolute Gasteiger partial charge is 0.217 e. The Bertz CT molecular complexity index is 1020. The number of halogens is 2. The van der Waals surface area contributed by atoms with Gasteiger partial charge in [-0.1, -0.05) is 27.2 Å². The van der Waals surface area contributed by atoms with E-state index in [9.17, 15) is 18.7 Å². The summed E-state index contributed by atoms with van der Waals surface area (Å²) < 4.78 is 27.4. The molecule has 2 aliphatic rings. The van der Waals surface area contributed by atoms with Crippen molar-refractivity contribution in [3.05, 3.63) is 65.0 Å². The third-order valence-corrected chi connectivity index (χ3v) is 7.46. The highest BCUT2D eigenvalue weighted by molar-refractivity contribution is 5.73. The lowest BCUT2D eigenvalue weighted by molar-refractivity contribution is -0.120. The Morgan fingerprint density at radius 2 is 1.82 bits per heavy atom. The number of benzene rings is 1. The minimum absolute atomic E-state index is 0.000865. The number of nitrogens with zero attached hydrogens (tertiary/aromatic N) is 1. The number of hydrogen-bond acceptors (Lipinski definition) is 4. The van der Waals surface area contributed by atoms with Crippen molar-refractivity contribution in [2.75, 3.05) is 6.54 Å². The maximum Gasteiger partial charge on any atom is 0.217 e. The van der Waals surface area contributed by atoms with Crippen LogP contribution in [0.4, 0.5) is 8.78 Å². The number of rotatable bonds is 8. The number of aromatic nitrogens is 1. The van der Waals surface area contributed by atoms with Gasteiger partial charge in [-0.05, 0) is 71.9 Å². The van der Waals surface area contributed by atoms with Crippen molar-refractivity contribution in [2.24, 2.45) is 11.8 Å². The topological polar surface area (TPSA) is 74.2 Å². The summed E-state index contributed by atoms with van der Waals surface area (Å²) in [6.45, 7) is 8.14. The van der Waals surface area contributed by atoms with Crippen LogP contribution in [0.3, 0.4) is 0 Å². The van der Waals surface area contributed by atoms with E-state index < -0.39 is 23.8 Å². The first-order chi connectivity index (χ1) is 16.0. The molecule has 1 heterocycles. The van der Waals surface area contributed by atoms with Crippen molar-refractivity contribution in [2.45, 2.75) is 76.5 Å². The van der Waals surface area contributed by atoms with Gasteiger partial charge in [-0.15, -0.1) is 0 Å². The van der Waals surface area contributed by atoms with Crippen LogP contribution >= 0.6 is 0 Å². The van der Waals surface area contributed by atoms with E-state index >= 15 is 0 Å². The Balaban J connectivity index is 1.53. The zero-order valence-electron chi connectivity index (χ0n) is 20.4. The van der Waals surface area contributed by atoms with Gasteiger partial charge in [0.15, 0.2) is 0 Å². The van der Waals surface area contributed by atoms with E-state index in [-0.39, 0.29) is 29.8 Å². The van der Waals surface area contributed by atoms with E-state index in [1.54, 1.807) is 0 Å². The fraction of sp³-hybridized carbons (Fsp3) is 0.556. The molecule has 0 bridgehead atoms. The average Bonchev–Trinajstić information content (AvgIpc) is 3.08. The molecule has 4 unspecified atom stereocenters. The molecule has 2 aromatic rings. The Morgan fingerprint density at radius 1 is 1.18 bits per heavy atom. The van der Waals surface area contributed by atoms with Gasteiger partial charge in [-0.2, -0.15) is 0 Å². The lowest BCUT2D eigenvalue weighted by atomic mass is 9.86. The van der Waals surface area contributed by atoms with Crippen LogP contribution in [0.2, 0.25) is 0 Å². The highest BCUT2D eigenvalue weighted by Gasteiger charge is 2.67. The normalized spacial score (nSPS) is 25.5. The van der Waals surface area contributed by atoms with Crippen LogP contribution in [0, 0.1) is 23.5 Å². The van der Waals surface area contributed by atoms with E-state index in [4.69, 9.17) is 4.98 Å². The highest BCUT2D eigenvalue weighted by atomic mass is 19.1. The molecule has 4 rings (SSSR count). The summed E-state index contributed by atoms with van der Waals surface area (Å²) in [7, 11) is 0. The second kappa shape index (κ2) is 9.34. The fourth-order valence-corrected chi connectivity index (χ4v) is 5.75. The number of amides is 1. The van der Waals surface area contributed by atoms with E-state index in [2.05, 4.69) is 43.5 Å². The van der Waals surface area contributed by atoms with Crippen molar-refractivity contribution >= 4 is 5.91 Å². The lowest BCUT2D eigenvalue weighted by Crippen LogP contribution is -2.50. The highest BCUT2D eigenvalue weighted by Crippen LogP contribution is 2.65. The Morgan fingerprint density at radius 3 is 2.41 bits per heavy atom. The molecule has 4 atom stereocenters. The molecule has 0 saturated heterocycles. The summed E-state index contributed by atoms with van der Waals surface area (Å²) in [6.07, 6.45) is 4.47. The van der Waals surface area contributed by atoms with Gasteiger partial charge in [0.05, 0.1) is 23.4 Å². The lowest BCUT2D eigenvalue weighted by Gasteiger charge is -2.29. The molecule has 7 heteroatoms. The third kappa shape index (κ3) is 5.01. The molecular weight excluding hydrogens is 436 g/mol. The number of fused-ring (bicyclic) bond motifs is 1. The number of hydrogen-bond donors (Lipinski definition) is 3. The van der Waals surface area contributed by atoms with Gasteiger partial charge >= 0.3 is 0 Å². The fourth-order valence-electron chi connectivity index (χ4n) is 5.75. The van der Waals surface area contributed by atoms with Gasteiger partial charge in [-0.3, -0.25) is 9.78 Å². The van der Waals surface area contributed by atoms with Gasteiger partial charge in [0.25, 0.3) is 0 Å². The van der Waals surface area contributed by atoms with Crippen LogP contribution in [-0.2, 0) is 22.2 Å². The van der Waals surface area contributed by atoms with Crippen molar-refractivity contribution in [1.82, 2.24) is 15.6 Å². The van der Waals surface area contributed by atoms with E-state index in [0.29, 0.717) is 17.4 Å². The van der Waals surface area contributed by atoms with Gasteiger partial charge in [0, 0.05) is 25.7 Å². The van der Waals surface area contributed by atoms with Crippen molar-refractivity contribution in [1.29, 1.82) is 0 Å². The molecule has 1 aromatic heterocycles. The largest absolute Gasteiger partial charge is 0.390 e. The maximum atomic E-state index is 13.7. The molecule has 1 amide bonds. The molecule has 34 heavy (non-hydrogen) atoms. The van der Waals surface area contributed by atoms with Crippen LogP contribution in [0.1, 0.15) is 63.8 Å². The van der Waals surface area contributed by atoms with Crippen LogP contribution in [0.25, 0.3) is 0 Å². The monoisotopic (exact) mass is 471 g/mol. The van der Waals surface area contributed by atoms with Crippen LogP contribution in [0.15, 0.2) is 36.5 Å². The summed E-state index contributed by atoms with van der Waals surface area (Å²) in [5.74, 6) is -0.728. The summed E-state index contributed by atoms with van der Waals surface area (Å²) in [5.41, 5.74) is 2.32. The number of pyridine rings is 1. The zero-order chi connectivity index (χ0) is 24.7. The molecule has 1 aromatic carbocycles. The zero-order valence-corrected chi connectivity index (χ0v) is 20.4. The molecule has 0 radical (unpaired) electrons. The summed E-state index contributed by atoms with van der Waals surface area (Å²) in [6, 6.07) is 6.81. The minimum atomic E-state index is -0.945. The molecule has 184 valence electrons. The minimum Gasteiger partial charge on any atom is -0.390 e. The average molecular weight is 472 g/mol. The number of nitrogens with one attached hydrogen (secondary N) is 2. The van der Waals surface area contributed by atoms with Crippen molar-refractivity contribution in [3.63, 3.8) is 0 Å². The summed E-state index contributed by atoms with van der Waals surface area (Å²) in [5, 5.41) is 17.4. The quantitative estimate of drug-likeness (QED) is 0.545. The van der Waals surface area contributed by atoms with Gasteiger partial charge < -0.3 is 15.7 Å². The standard InChI is InChI=1S/C27H35F2N3O2/c1-16(33)32-23(12-17-10-19(28)14-20(29)11-17)24(34)15-31-27(21-6-5-7-22(21)27)25-13-18(8-9-30-25)26(2,3)4/h8-11,13-14,21-24,31,34H,5-7,12,15H2,1-4H3,(H,32,33). The SMILES string of the molecule is CC(=O)NC(Cc1cc(F)cc(F)c1)C(O)CNC1(c2cc(C(C)(C)C)ccn2)C2CCCC21. The number of aliphatic hydroxyl groups excluding tert-OH is 1. The van der Waals surface area contributed by atoms with E-state index in [1.807, 2.05) is 6.20 Å². The van der Waals surface area contributed by atoms with E-state index in [1.165, 1.54) is 31.0 Å². The Kier molecular flexibility index (Phi) is 6.80.